The van der Waals surface area contributed by atoms with Crippen LogP contribution in [0.25, 0.3) is 11.3 Å². The Hall–Kier alpha value is -3.19. The second-order valence-electron chi connectivity index (χ2n) is 5.63. The van der Waals surface area contributed by atoms with E-state index in [9.17, 15) is 9.18 Å². The number of methoxy groups -OCH3 is 2. The van der Waals surface area contributed by atoms with E-state index in [1.807, 2.05) is 0 Å². The lowest BCUT2D eigenvalue weighted by molar-refractivity contribution is 0.0599. The minimum absolute atomic E-state index is 0.00989. The molecule has 1 aromatic heterocycles. The average molecular weight is 403 g/mol. The van der Waals surface area contributed by atoms with Crippen molar-refractivity contribution in [3.63, 3.8) is 0 Å². The number of halogens is 2. The molecular weight excluding hydrogens is 387 g/mol. The van der Waals surface area contributed by atoms with Crippen LogP contribution in [0.15, 0.2) is 52.0 Å². The summed E-state index contributed by atoms with van der Waals surface area (Å²) in [5, 5.41) is 3.96. The summed E-state index contributed by atoms with van der Waals surface area (Å²) >= 11 is 6.09. The average Bonchev–Trinajstić information content (AvgIpc) is 3.11. The van der Waals surface area contributed by atoms with Crippen molar-refractivity contribution in [3.8, 4) is 17.0 Å². The molecule has 144 valence electrons. The number of hydrogen-bond donors (Lipinski definition) is 0. The highest BCUT2D eigenvalue weighted by molar-refractivity contribution is 6.33. The second kappa shape index (κ2) is 8.67. The summed E-state index contributed by atoms with van der Waals surface area (Å²) in [6, 6.07) is 11.3. The largest absolute Gasteiger partial charge is 0.497 e. The lowest BCUT2D eigenvalue weighted by Crippen LogP contribution is -2.06. The van der Waals surface area contributed by atoms with E-state index >= 15 is 0 Å². The van der Waals surface area contributed by atoms with Gasteiger partial charge in [0.25, 0.3) is 0 Å². The predicted molar refractivity (Wildman–Crippen MR) is 103 cm³/mol. The standard InChI is InChI=1S/C20H16ClFN2O4/c1-26-13-8-6-12(7-9-13)23-11-10-16-18(20(25)27-2)19(24-28-16)17-14(21)4-3-5-15(17)22/h3-9,11H,10H2,1-2H3. The van der Waals surface area contributed by atoms with Crippen molar-refractivity contribution in [1.82, 2.24) is 5.16 Å². The van der Waals surface area contributed by atoms with E-state index in [1.54, 1.807) is 37.6 Å². The minimum Gasteiger partial charge on any atom is -0.497 e. The number of esters is 1. The number of aromatic nitrogens is 1. The van der Waals surface area contributed by atoms with Gasteiger partial charge in [-0.2, -0.15) is 0 Å². The van der Waals surface area contributed by atoms with Gasteiger partial charge in [0.2, 0.25) is 0 Å². The molecule has 0 atom stereocenters. The third-order valence-corrected chi connectivity index (χ3v) is 4.26. The van der Waals surface area contributed by atoms with Gasteiger partial charge in [0.05, 0.1) is 30.5 Å². The van der Waals surface area contributed by atoms with Gasteiger partial charge < -0.3 is 14.0 Å². The van der Waals surface area contributed by atoms with Gasteiger partial charge in [-0.05, 0) is 36.4 Å². The Bertz CT molecular complexity index is 995. The minimum atomic E-state index is -0.705. The van der Waals surface area contributed by atoms with Crippen LogP contribution in [0, 0.1) is 5.82 Å². The van der Waals surface area contributed by atoms with Crippen molar-refractivity contribution in [2.75, 3.05) is 14.2 Å². The Morgan fingerprint density at radius 1 is 1.25 bits per heavy atom. The van der Waals surface area contributed by atoms with E-state index in [0.29, 0.717) is 11.4 Å². The molecule has 0 aliphatic rings. The maximum atomic E-state index is 14.3. The Morgan fingerprint density at radius 2 is 2.00 bits per heavy atom. The predicted octanol–water partition coefficient (Wildman–Crippen LogP) is 4.87. The van der Waals surface area contributed by atoms with Gasteiger partial charge in [0, 0.05) is 12.6 Å². The first-order chi connectivity index (χ1) is 13.5. The van der Waals surface area contributed by atoms with Crippen LogP contribution in [0.4, 0.5) is 10.1 Å². The van der Waals surface area contributed by atoms with Crippen LogP contribution >= 0.6 is 11.6 Å². The number of ether oxygens (including phenoxy) is 2. The van der Waals surface area contributed by atoms with Crippen LogP contribution in [0.5, 0.6) is 5.75 Å². The lowest BCUT2D eigenvalue weighted by atomic mass is 10.0. The van der Waals surface area contributed by atoms with Crippen LogP contribution in [-0.2, 0) is 11.2 Å². The Morgan fingerprint density at radius 3 is 2.64 bits per heavy atom. The molecule has 2 aromatic carbocycles. The maximum absolute atomic E-state index is 14.3. The maximum Gasteiger partial charge on any atom is 0.343 e. The molecule has 28 heavy (non-hydrogen) atoms. The highest BCUT2D eigenvalue weighted by Crippen LogP contribution is 2.34. The molecule has 8 heteroatoms. The molecule has 0 amide bonds. The van der Waals surface area contributed by atoms with Gasteiger partial charge in [0.15, 0.2) is 5.76 Å². The van der Waals surface area contributed by atoms with E-state index < -0.39 is 11.8 Å². The van der Waals surface area contributed by atoms with E-state index in [0.717, 1.165) is 0 Å². The summed E-state index contributed by atoms with van der Waals surface area (Å²) in [5.41, 5.74) is 0.669. The highest BCUT2D eigenvalue weighted by Gasteiger charge is 2.27. The van der Waals surface area contributed by atoms with Crippen molar-refractivity contribution in [3.05, 3.63) is 64.6 Å². The van der Waals surface area contributed by atoms with Gasteiger partial charge in [-0.1, -0.05) is 22.8 Å². The number of carbonyl (C=O) groups excluding carboxylic acids is 1. The van der Waals surface area contributed by atoms with E-state index in [-0.39, 0.29) is 34.0 Å². The molecule has 0 bridgehead atoms. The molecule has 0 radical (unpaired) electrons. The van der Waals surface area contributed by atoms with Crippen molar-refractivity contribution in [2.24, 2.45) is 4.99 Å². The fourth-order valence-corrected chi connectivity index (χ4v) is 2.83. The highest BCUT2D eigenvalue weighted by atomic mass is 35.5. The first-order valence-corrected chi connectivity index (χ1v) is 8.60. The number of hydrogen-bond acceptors (Lipinski definition) is 6. The van der Waals surface area contributed by atoms with E-state index in [1.165, 1.54) is 25.3 Å². The summed E-state index contributed by atoms with van der Waals surface area (Å²) in [6.45, 7) is 0. The molecule has 0 aliphatic heterocycles. The molecule has 0 aliphatic carbocycles. The van der Waals surface area contributed by atoms with Crippen molar-refractivity contribution in [1.29, 1.82) is 0 Å². The van der Waals surface area contributed by atoms with Gasteiger partial charge in [-0.15, -0.1) is 0 Å². The van der Waals surface area contributed by atoms with Crippen LogP contribution in [0.3, 0.4) is 0 Å². The summed E-state index contributed by atoms with van der Waals surface area (Å²) in [7, 11) is 2.80. The Balaban J connectivity index is 1.92. The van der Waals surface area contributed by atoms with Crippen LogP contribution in [0.1, 0.15) is 16.1 Å². The number of nitrogens with zero attached hydrogens (tertiary/aromatic N) is 2. The number of rotatable bonds is 6. The van der Waals surface area contributed by atoms with Gasteiger partial charge >= 0.3 is 5.97 Å². The summed E-state index contributed by atoms with van der Waals surface area (Å²) < 4.78 is 29.4. The molecule has 0 spiro atoms. The summed E-state index contributed by atoms with van der Waals surface area (Å²) in [4.78, 5) is 16.6. The van der Waals surface area contributed by atoms with Crippen molar-refractivity contribution in [2.45, 2.75) is 6.42 Å². The van der Waals surface area contributed by atoms with Crippen molar-refractivity contribution < 1.29 is 23.2 Å². The third-order valence-electron chi connectivity index (χ3n) is 3.94. The van der Waals surface area contributed by atoms with Gasteiger partial charge in [-0.25, -0.2) is 9.18 Å². The number of benzene rings is 2. The molecule has 0 fully saturated rings. The second-order valence-corrected chi connectivity index (χ2v) is 6.04. The first kappa shape index (κ1) is 19.6. The molecule has 0 unspecified atom stereocenters. The SMILES string of the molecule is COC(=O)c1c(-c2c(F)cccc2Cl)noc1CC=Nc1ccc(OC)cc1. The van der Waals surface area contributed by atoms with Crippen LogP contribution in [-0.4, -0.2) is 31.6 Å². The molecular formula is C20H16ClFN2O4. The molecule has 0 N–H and O–H groups in total. The van der Waals surface area contributed by atoms with E-state index in [4.69, 9.17) is 25.6 Å². The zero-order chi connectivity index (χ0) is 20.1. The summed E-state index contributed by atoms with van der Waals surface area (Å²) in [6.07, 6.45) is 1.71. The lowest BCUT2D eigenvalue weighted by Gasteiger charge is -2.04. The van der Waals surface area contributed by atoms with E-state index in [2.05, 4.69) is 10.1 Å². The number of carbonyl (C=O) groups is 1. The summed E-state index contributed by atoms with van der Waals surface area (Å²) in [5.74, 6) is -0.417. The molecule has 0 saturated carbocycles. The van der Waals surface area contributed by atoms with Crippen LogP contribution < -0.4 is 4.74 Å². The van der Waals surface area contributed by atoms with Gasteiger partial charge in [-0.3, -0.25) is 4.99 Å². The van der Waals surface area contributed by atoms with Crippen molar-refractivity contribution >= 4 is 29.5 Å². The monoisotopic (exact) mass is 402 g/mol. The zero-order valence-electron chi connectivity index (χ0n) is 15.1. The smallest absolute Gasteiger partial charge is 0.343 e. The first-order valence-electron chi connectivity index (χ1n) is 8.23. The van der Waals surface area contributed by atoms with Gasteiger partial charge in [0.1, 0.15) is 22.8 Å². The molecule has 1 heterocycles. The molecule has 6 nitrogen and oxygen atoms in total. The normalized spacial score (nSPS) is 11.0. The zero-order valence-corrected chi connectivity index (χ0v) is 15.9. The topological polar surface area (TPSA) is 73.9 Å². The molecule has 3 aromatic rings. The Kier molecular flexibility index (Phi) is 6.06. The third kappa shape index (κ3) is 4.04. The fraction of sp³-hybridized carbons (Fsp3) is 0.150. The number of aliphatic imine (C=N–C) groups is 1. The molecule has 3 rings (SSSR count). The Labute approximate surface area is 165 Å². The quantitative estimate of drug-likeness (QED) is 0.434. The molecule has 0 saturated heterocycles. The fourth-order valence-electron chi connectivity index (χ4n) is 2.57. The van der Waals surface area contributed by atoms with Crippen LogP contribution in [0.2, 0.25) is 5.02 Å².